The number of nitrogens with zero attached hydrogens (tertiary/aromatic N) is 2. The van der Waals surface area contributed by atoms with Crippen molar-refractivity contribution in [2.24, 2.45) is 0 Å². The van der Waals surface area contributed by atoms with Crippen molar-refractivity contribution < 1.29 is 13.2 Å². The van der Waals surface area contributed by atoms with Crippen LogP contribution in [-0.2, 0) is 22.0 Å². The predicted molar refractivity (Wildman–Crippen MR) is 132 cm³/mol. The van der Waals surface area contributed by atoms with Crippen molar-refractivity contribution in [2.75, 3.05) is 30.4 Å². The molecule has 0 aliphatic heterocycles. The van der Waals surface area contributed by atoms with Gasteiger partial charge in [0.05, 0.1) is 24.2 Å². The molecule has 0 N–H and O–H groups in total. The molecular formula is C26H32N2O3S. The lowest BCUT2D eigenvalue weighted by atomic mass is 9.87. The van der Waals surface area contributed by atoms with Gasteiger partial charge in [0.25, 0.3) is 10.0 Å². The smallest absolute Gasteiger partial charge is 0.264 e. The van der Waals surface area contributed by atoms with Crippen LogP contribution in [0.15, 0.2) is 77.7 Å². The van der Waals surface area contributed by atoms with Gasteiger partial charge in [0.2, 0.25) is 0 Å². The monoisotopic (exact) mass is 452 g/mol. The van der Waals surface area contributed by atoms with Crippen LogP contribution in [0.3, 0.4) is 0 Å². The normalized spacial score (nSPS) is 11.8. The third kappa shape index (κ3) is 5.25. The second-order valence-corrected chi connectivity index (χ2v) is 10.9. The summed E-state index contributed by atoms with van der Waals surface area (Å²) >= 11 is 0. The predicted octanol–water partition coefficient (Wildman–Crippen LogP) is 5.45. The number of hydrogen-bond acceptors (Lipinski definition) is 4. The van der Waals surface area contributed by atoms with Crippen molar-refractivity contribution in [1.82, 2.24) is 0 Å². The van der Waals surface area contributed by atoms with Gasteiger partial charge in [-0.15, -0.1) is 0 Å². The fraction of sp³-hybridized carbons (Fsp3) is 0.308. The zero-order valence-electron chi connectivity index (χ0n) is 19.7. The Morgan fingerprint density at radius 3 is 1.78 bits per heavy atom. The van der Waals surface area contributed by atoms with E-state index in [0.29, 0.717) is 11.4 Å². The molecule has 0 amide bonds. The Hall–Kier alpha value is -2.99. The molecule has 0 bridgehead atoms. The average Bonchev–Trinajstić information content (AvgIpc) is 2.77. The lowest BCUT2D eigenvalue weighted by Gasteiger charge is -2.26. The third-order valence-electron chi connectivity index (χ3n) is 5.45. The molecule has 0 radical (unpaired) electrons. The molecule has 170 valence electrons. The second kappa shape index (κ2) is 9.25. The molecule has 0 unspecified atom stereocenters. The maximum atomic E-state index is 13.7. The van der Waals surface area contributed by atoms with Crippen LogP contribution in [-0.4, -0.2) is 29.6 Å². The highest BCUT2D eigenvalue weighted by atomic mass is 32.2. The summed E-state index contributed by atoms with van der Waals surface area (Å²) in [5.74, 6) is 0.677. The minimum Gasteiger partial charge on any atom is -0.497 e. The van der Waals surface area contributed by atoms with E-state index in [1.54, 1.807) is 43.5 Å². The van der Waals surface area contributed by atoms with Crippen molar-refractivity contribution in [3.05, 3.63) is 83.9 Å². The maximum absolute atomic E-state index is 13.7. The van der Waals surface area contributed by atoms with Crippen molar-refractivity contribution in [1.29, 1.82) is 0 Å². The largest absolute Gasteiger partial charge is 0.497 e. The first-order valence-electron chi connectivity index (χ1n) is 10.6. The van der Waals surface area contributed by atoms with Gasteiger partial charge in [-0.2, -0.15) is 0 Å². The van der Waals surface area contributed by atoms with E-state index in [2.05, 4.69) is 20.8 Å². The van der Waals surface area contributed by atoms with E-state index in [-0.39, 0.29) is 16.9 Å². The zero-order valence-corrected chi connectivity index (χ0v) is 20.5. The van der Waals surface area contributed by atoms with Gasteiger partial charge < -0.3 is 9.64 Å². The van der Waals surface area contributed by atoms with Crippen molar-refractivity contribution in [2.45, 2.75) is 37.6 Å². The molecular weight excluding hydrogens is 420 g/mol. The van der Waals surface area contributed by atoms with Gasteiger partial charge in [-0.05, 0) is 65.1 Å². The Labute approximate surface area is 192 Å². The maximum Gasteiger partial charge on any atom is 0.264 e. The summed E-state index contributed by atoms with van der Waals surface area (Å²) in [5, 5.41) is 0. The molecule has 3 rings (SSSR count). The molecule has 0 saturated heterocycles. The lowest BCUT2D eigenvalue weighted by Crippen LogP contribution is -2.30. The summed E-state index contributed by atoms with van der Waals surface area (Å²) in [5.41, 5.74) is 3.59. The van der Waals surface area contributed by atoms with Gasteiger partial charge in [0.15, 0.2) is 0 Å². The fourth-order valence-electron chi connectivity index (χ4n) is 3.38. The second-order valence-electron chi connectivity index (χ2n) is 9.04. The molecule has 0 spiro atoms. The van der Waals surface area contributed by atoms with Crippen LogP contribution in [0, 0.1) is 0 Å². The summed E-state index contributed by atoms with van der Waals surface area (Å²) in [6, 6.07) is 22.2. The summed E-state index contributed by atoms with van der Waals surface area (Å²) in [6.45, 7) is 6.55. The Balaban J connectivity index is 2.02. The molecule has 3 aromatic rings. The highest BCUT2D eigenvalue weighted by Gasteiger charge is 2.26. The third-order valence-corrected chi connectivity index (χ3v) is 7.24. The van der Waals surface area contributed by atoms with E-state index in [0.717, 1.165) is 16.8 Å². The summed E-state index contributed by atoms with van der Waals surface area (Å²) in [7, 11) is 1.76. The van der Waals surface area contributed by atoms with E-state index in [1.165, 1.54) is 4.31 Å². The molecule has 32 heavy (non-hydrogen) atoms. The Kier molecular flexibility index (Phi) is 6.84. The van der Waals surface area contributed by atoms with Crippen LogP contribution >= 0.6 is 0 Å². The van der Waals surface area contributed by atoms with E-state index >= 15 is 0 Å². The highest BCUT2D eigenvalue weighted by Crippen LogP contribution is 2.30. The molecule has 5 nitrogen and oxygen atoms in total. The molecule has 0 aromatic heterocycles. The first kappa shape index (κ1) is 23.7. The first-order chi connectivity index (χ1) is 15.0. The van der Waals surface area contributed by atoms with Crippen LogP contribution in [0.4, 0.5) is 11.4 Å². The van der Waals surface area contributed by atoms with Crippen molar-refractivity contribution in [3.8, 4) is 5.75 Å². The summed E-state index contributed by atoms with van der Waals surface area (Å²) in [6.07, 6.45) is 0. The zero-order chi connectivity index (χ0) is 23.5. The van der Waals surface area contributed by atoms with Gasteiger partial charge in [0.1, 0.15) is 5.75 Å². The lowest BCUT2D eigenvalue weighted by molar-refractivity contribution is 0.415. The van der Waals surface area contributed by atoms with Crippen LogP contribution in [0.2, 0.25) is 0 Å². The SMILES string of the molecule is COc1ccc(N(Cc2ccc(N(C)C)cc2)S(=O)(=O)c2ccc(C(C)(C)C)cc2)cc1. The standard InChI is InChI=1S/C26H32N2O3S/c1-26(2,3)21-9-17-25(18-10-21)32(29,30)28(23-13-15-24(31-6)16-14-23)19-20-7-11-22(12-8-20)27(4)5/h7-18H,19H2,1-6H3. The topological polar surface area (TPSA) is 49.9 Å². The van der Waals surface area contributed by atoms with Crippen LogP contribution in [0.5, 0.6) is 5.75 Å². The number of hydrogen-bond donors (Lipinski definition) is 0. The van der Waals surface area contributed by atoms with Crippen LogP contribution in [0.1, 0.15) is 31.9 Å². The quantitative estimate of drug-likeness (QED) is 0.478. The number of methoxy groups -OCH3 is 1. The van der Waals surface area contributed by atoms with E-state index in [1.807, 2.05) is 55.4 Å². The number of rotatable bonds is 7. The molecule has 0 aliphatic rings. The molecule has 0 heterocycles. The molecule has 0 atom stereocenters. The number of benzene rings is 3. The molecule has 0 fully saturated rings. The molecule has 0 saturated carbocycles. The fourth-order valence-corrected chi connectivity index (χ4v) is 4.84. The van der Waals surface area contributed by atoms with E-state index in [9.17, 15) is 8.42 Å². The Morgan fingerprint density at radius 2 is 1.31 bits per heavy atom. The number of sulfonamides is 1. The van der Waals surface area contributed by atoms with Gasteiger partial charge in [-0.25, -0.2) is 8.42 Å². The minimum atomic E-state index is -3.78. The van der Waals surface area contributed by atoms with Gasteiger partial charge in [0, 0.05) is 19.8 Å². The number of anilines is 2. The Bertz CT molecular complexity index is 1130. The van der Waals surface area contributed by atoms with Crippen molar-refractivity contribution >= 4 is 21.4 Å². The first-order valence-corrected chi connectivity index (χ1v) is 12.0. The van der Waals surface area contributed by atoms with E-state index in [4.69, 9.17) is 4.74 Å². The highest BCUT2D eigenvalue weighted by molar-refractivity contribution is 7.92. The molecule has 0 aliphatic carbocycles. The Morgan fingerprint density at radius 1 is 0.781 bits per heavy atom. The molecule has 6 heteroatoms. The van der Waals surface area contributed by atoms with Gasteiger partial charge in [-0.3, -0.25) is 4.31 Å². The van der Waals surface area contributed by atoms with Crippen LogP contribution < -0.4 is 13.9 Å². The summed E-state index contributed by atoms with van der Waals surface area (Å²) < 4.78 is 34.1. The minimum absolute atomic E-state index is 0.0495. The number of ether oxygens (including phenoxy) is 1. The van der Waals surface area contributed by atoms with Crippen LogP contribution in [0.25, 0.3) is 0 Å². The molecule has 3 aromatic carbocycles. The summed E-state index contributed by atoms with van der Waals surface area (Å²) in [4.78, 5) is 2.28. The van der Waals surface area contributed by atoms with Crippen molar-refractivity contribution in [3.63, 3.8) is 0 Å². The van der Waals surface area contributed by atoms with Gasteiger partial charge >= 0.3 is 0 Å². The average molecular weight is 453 g/mol. The van der Waals surface area contributed by atoms with Gasteiger partial charge in [-0.1, -0.05) is 45.0 Å². The van der Waals surface area contributed by atoms with E-state index < -0.39 is 10.0 Å².